The zero-order valence-corrected chi connectivity index (χ0v) is 17.4. The average Bonchev–Trinajstić information content (AvgIpc) is 3.18. The molecule has 1 amide bonds. The van der Waals surface area contributed by atoms with Gasteiger partial charge in [-0.1, -0.05) is 30.3 Å². The molecule has 0 saturated carbocycles. The summed E-state index contributed by atoms with van der Waals surface area (Å²) < 4.78 is 5.61. The number of benzene rings is 1. The van der Waals surface area contributed by atoms with Gasteiger partial charge in [-0.3, -0.25) is 4.79 Å². The maximum Gasteiger partial charge on any atom is 0.261 e. The van der Waals surface area contributed by atoms with Crippen LogP contribution in [0, 0.1) is 0 Å². The number of thiophene rings is 1. The minimum Gasteiger partial charge on any atom is -0.381 e. The van der Waals surface area contributed by atoms with E-state index in [0.717, 1.165) is 43.8 Å². The van der Waals surface area contributed by atoms with Gasteiger partial charge < -0.3 is 15.4 Å². The summed E-state index contributed by atoms with van der Waals surface area (Å²) in [5.41, 5.74) is 2.53. The molecule has 2 N–H and O–H groups in total. The fraction of sp³-hybridized carbons (Fsp3) is 0.522. The largest absolute Gasteiger partial charge is 0.381 e. The molecule has 28 heavy (non-hydrogen) atoms. The van der Waals surface area contributed by atoms with Crippen LogP contribution in [0.1, 0.15) is 64.3 Å². The number of aryl methyl sites for hydroxylation is 2. The molecule has 0 spiro atoms. The number of carbonyl (C=O) groups excluding carboxylic acids is 1. The van der Waals surface area contributed by atoms with Crippen molar-refractivity contribution < 1.29 is 9.53 Å². The summed E-state index contributed by atoms with van der Waals surface area (Å²) in [5.74, 6) is 0.0689. The van der Waals surface area contributed by atoms with Crippen LogP contribution in [0.15, 0.2) is 36.4 Å². The quantitative estimate of drug-likeness (QED) is 0.765. The molecule has 0 bridgehead atoms. The number of amides is 1. The van der Waals surface area contributed by atoms with E-state index >= 15 is 0 Å². The monoisotopic (exact) mass is 398 g/mol. The van der Waals surface area contributed by atoms with Gasteiger partial charge in [-0.05, 0) is 62.6 Å². The van der Waals surface area contributed by atoms with Crippen molar-refractivity contribution in [2.45, 2.75) is 57.0 Å². The van der Waals surface area contributed by atoms with Gasteiger partial charge in [0.15, 0.2) is 0 Å². The summed E-state index contributed by atoms with van der Waals surface area (Å²) in [6.45, 7) is 4.30. The van der Waals surface area contributed by atoms with Gasteiger partial charge >= 0.3 is 0 Å². The Morgan fingerprint density at radius 3 is 2.68 bits per heavy atom. The molecule has 1 fully saturated rings. The van der Waals surface area contributed by atoms with Crippen molar-refractivity contribution in [3.05, 3.63) is 57.3 Å². The molecule has 2 heterocycles. The molecular weight excluding hydrogens is 368 g/mol. The predicted molar refractivity (Wildman–Crippen MR) is 114 cm³/mol. The molecule has 0 radical (unpaired) electrons. The van der Waals surface area contributed by atoms with E-state index in [4.69, 9.17) is 4.74 Å². The van der Waals surface area contributed by atoms with Gasteiger partial charge in [0.2, 0.25) is 0 Å². The zero-order valence-electron chi connectivity index (χ0n) is 16.6. The SMILES string of the molecule is CC(NC1(CNC(=O)c2cc3c(s2)CCCC3)CCOCC1)c1ccccc1. The Morgan fingerprint density at radius 1 is 1.18 bits per heavy atom. The lowest BCUT2D eigenvalue weighted by Gasteiger charge is -2.40. The van der Waals surface area contributed by atoms with Crippen molar-refractivity contribution in [3.8, 4) is 0 Å². The van der Waals surface area contributed by atoms with E-state index in [9.17, 15) is 4.79 Å². The zero-order chi connectivity index (χ0) is 19.4. The average molecular weight is 399 g/mol. The van der Waals surface area contributed by atoms with Gasteiger partial charge in [-0.15, -0.1) is 11.3 Å². The number of carbonyl (C=O) groups is 1. The lowest BCUT2D eigenvalue weighted by atomic mass is 9.88. The third-order valence-electron chi connectivity index (χ3n) is 6.08. The van der Waals surface area contributed by atoms with Crippen molar-refractivity contribution in [1.29, 1.82) is 0 Å². The van der Waals surface area contributed by atoms with Crippen molar-refractivity contribution in [3.63, 3.8) is 0 Å². The maximum absolute atomic E-state index is 12.8. The van der Waals surface area contributed by atoms with E-state index in [2.05, 4.69) is 47.9 Å². The second-order valence-electron chi connectivity index (χ2n) is 8.12. The first-order valence-corrected chi connectivity index (χ1v) is 11.3. The van der Waals surface area contributed by atoms with Crippen molar-refractivity contribution in [2.24, 2.45) is 0 Å². The predicted octanol–water partition coefficient (Wildman–Crippen LogP) is 4.26. The Hall–Kier alpha value is -1.69. The lowest BCUT2D eigenvalue weighted by Crippen LogP contribution is -2.57. The van der Waals surface area contributed by atoms with Crippen LogP contribution in [0.3, 0.4) is 0 Å². The molecular formula is C23H30N2O2S. The third kappa shape index (κ3) is 4.48. The topological polar surface area (TPSA) is 50.4 Å². The first kappa shape index (κ1) is 19.6. The summed E-state index contributed by atoms with van der Waals surface area (Å²) in [6.07, 6.45) is 6.56. The maximum atomic E-state index is 12.8. The molecule has 2 aliphatic rings. The molecule has 4 rings (SSSR count). The molecule has 2 aromatic rings. The number of nitrogens with one attached hydrogen (secondary N) is 2. The molecule has 150 valence electrons. The van der Waals surface area contributed by atoms with Crippen molar-refractivity contribution in [2.75, 3.05) is 19.8 Å². The highest BCUT2D eigenvalue weighted by molar-refractivity contribution is 7.14. The van der Waals surface area contributed by atoms with Crippen LogP contribution >= 0.6 is 11.3 Å². The first-order valence-electron chi connectivity index (χ1n) is 10.5. The van der Waals surface area contributed by atoms with Crippen LogP contribution in [0.2, 0.25) is 0 Å². The molecule has 5 heteroatoms. The van der Waals surface area contributed by atoms with E-state index in [0.29, 0.717) is 6.54 Å². The molecule has 4 nitrogen and oxygen atoms in total. The van der Waals surface area contributed by atoms with E-state index < -0.39 is 0 Å². The van der Waals surface area contributed by atoms with Crippen LogP contribution < -0.4 is 10.6 Å². The van der Waals surface area contributed by atoms with Gasteiger partial charge in [0.25, 0.3) is 5.91 Å². The number of fused-ring (bicyclic) bond motifs is 1. The van der Waals surface area contributed by atoms with Crippen molar-refractivity contribution >= 4 is 17.2 Å². The minimum absolute atomic E-state index is 0.0689. The Balaban J connectivity index is 1.43. The van der Waals surface area contributed by atoms with Gasteiger partial charge in [0, 0.05) is 36.2 Å². The van der Waals surface area contributed by atoms with Crippen LogP contribution in [0.5, 0.6) is 0 Å². The first-order chi connectivity index (χ1) is 13.7. The molecule has 1 aliphatic heterocycles. The van der Waals surface area contributed by atoms with Gasteiger partial charge in [0.1, 0.15) is 0 Å². The highest BCUT2D eigenvalue weighted by atomic mass is 32.1. The van der Waals surface area contributed by atoms with Gasteiger partial charge in [-0.2, -0.15) is 0 Å². The Labute approximate surface area is 171 Å². The fourth-order valence-corrected chi connectivity index (χ4v) is 5.53. The van der Waals surface area contributed by atoms with Crippen LogP contribution in [0.4, 0.5) is 0 Å². The van der Waals surface area contributed by atoms with E-state index in [-0.39, 0.29) is 17.5 Å². The molecule has 1 aliphatic carbocycles. The smallest absolute Gasteiger partial charge is 0.261 e. The van der Waals surface area contributed by atoms with Gasteiger partial charge in [0.05, 0.1) is 4.88 Å². The second kappa shape index (κ2) is 8.76. The van der Waals surface area contributed by atoms with E-state index in [1.165, 1.54) is 28.8 Å². The third-order valence-corrected chi connectivity index (χ3v) is 7.32. The summed E-state index contributed by atoms with van der Waals surface area (Å²) in [5, 5.41) is 7.04. The van der Waals surface area contributed by atoms with Crippen LogP contribution in [-0.2, 0) is 17.6 Å². The van der Waals surface area contributed by atoms with Crippen LogP contribution in [-0.4, -0.2) is 31.2 Å². The highest BCUT2D eigenvalue weighted by Gasteiger charge is 2.34. The highest BCUT2D eigenvalue weighted by Crippen LogP contribution is 2.30. The normalized spacial score (nSPS) is 19.6. The van der Waals surface area contributed by atoms with Crippen LogP contribution in [0.25, 0.3) is 0 Å². The number of rotatable bonds is 6. The summed E-state index contributed by atoms with van der Waals surface area (Å²) >= 11 is 1.68. The second-order valence-corrected chi connectivity index (χ2v) is 9.26. The number of hydrogen-bond donors (Lipinski definition) is 2. The molecule has 1 aromatic carbocycles. The Bertz CT molecular complexity index is 773. The summed E-state index contributed by atoms with van der Waals surface area (Å²) in [4.78, 5) is 15.1. The van der Waals surface area contributed by atoms with E-state index in [1.807, 2.05) is 6.07 Å². The Kier molecular flexibility index (Phi) is 6.14. The fourth-order valence-electron chi connectivity index (χ4n) is 4.36. The summed E-state index contributed by atoms with van der Waals surface area (Å²) in [6, 6.07) is 12.8. The molecule has 1 aromatic heterocycles. The number of ether oxygens (including phenoxy) is 1. The molecule has 1 unspecified atom stereocenters. The van der Waals surface area contributed by atoms with E-state index in [1.54, 1.807) is 11.3 Å². The van der Waals surface area contributed by atoms with Crippen molar-refractivity contribution in [1.82, 2.24) is 10.6 Å². The lowest BCUT2D eigenvalue weighted by molar-refractivity contribution is 0.0332. The molecule has 1 saturated heterocycles. The minimum atomic E-state index is -0.125. The number of hydrogen-bond acceptors (Lipinski definition) is 4. The standard InChI is InChI=1S/C23H30N2O2S/c1-17(18-7-3-2-4-8-18)25-23(11-13-27-14-12-23)16-24-22(26)21-15-19-9-5-6-10-20(19)28-21/h2-4,7-8,15,17,25H,5-6,9-14,16H2,1H3,(H,24,26). The molecule has 1 atom stereocenters. The van der Waals surface area contributed by atoms with Gasteiger partial charge in [-0.25, -0.2) is 0 Å². The summed E-state index contributed by atoms with van der Waals surface area (Å²) in [7, 11) is 0. The Morgan fingerprint density at radius 2 is 1.93 bits per heavy atom.